The zero-order valence-electron chi connectivity index (χ0n) is 21.3. The molecule has 2 aromatic carbocycles. The second-order valence-electron chi connectivity index (χ2n) is 8.56. The number of anilines is 1. The first kappa shape index (κ1) is 26.0. The average Bonchev–Trinajstić information content (AvgIpc) is 3.29. The number of aromatic nitrogens is 1. The van der Waals surface area contributed by atoms with Crippen LogP contribution < -0.4 is 4.90 Å². The molecule has 0 aliphatic carbocycles. The summed E-state index contributed by atoms with van der Waals surface area (Å²) in [7, 11) is 1.28. The lowest BCUT2D eigenvalue weighted by Gasteiger charge is -2.18. The molecule has 1 aliphatic heterocycles. The molecule has 37 heavy (non-hydrogen) atoms. The van der Waals surface area contributed by atoms with E-state index in [4.69, 9.17) is 21.1 Å². The van der Waals surface area contributed by atoms with Crippen LogP contribution in [0.15, 0.2) is 71.4 Å². The molecular weight excluding hydrogens is 492 g/mol. The number of benzene rings is 2. The lowest BCUT2D eigenvalue weighted by atomic mass is 10.0. The smallest absolute Gasteiger partial charge is 0.340 e. The summed E-state index contributed by atoms with van der Waals surface area (Å²) in [6.07, 6.45) is 1.72. The summed E-state index contributed by atoms with van der Waals surface area (Å²) in [4.78, 5) is 40.0. The van der Waals surface area contributed by atoms with Crippen LogP contribution in [0.5, 0.6) is 0 Å². The minimum absolute atomic E-state index is 0.189. The first-order valence-corrected chi connectivity index (χ1v) is 12.1. The van der Waals surface area contributed by atoms with Crippen LogP contribution in [-0.4, -0.2) is 36.1 Å². The van der Waals surface area contributed by atoms with Gasteiger partial charge in [0.1, 0.15) is 0 Å². The molecule has 0 N–H and O–H groups in total. The van der Waals surface area contributed by atoms with Crippen molar-refractivity contribution in [2.45, 2.75) is 27.7 Å². The molecule has 1 aliphatic rings. The van der Waals surface area contributed by atoms with Gasteiger partial charge < -0.3 is 14.0 Å². The molecule has 0 radical (unpaired) electrons. The largest absolute Gasteiger partial charge is 0.465 e. The second kappa shape index (κ2) is 10.5. The van der Waals surface area contributed by atoms with Crippen molar-refractivity contribution in [2.75, 3.05) is 18.6 Å². The number of rotatable bonds is 6. The van der Waals surface area contributed by atoms with Gasteiger partial charge in [-0.2, -0.15) is 0 Å². The number of methoxy groups -OCH3 is 1. The minimum Gasteiger partial charge on any atom is -0.465 e. The van der Waals surface area contributed by atoms with Crippen molar-refractivity contribution in [1.82, 2.24) is 4.57 Å². The van der Waals surface area contributed by atoms with Crippen molar-refractivity contribution in [1.29, 1.82) is 0 Å². The van der Waals surface area contributed by atoms with E-state index in [1.807, 2.05) is 48.7 Å². The van der Waals surface area contributed by atoms with Gasteiger partial charge in [0.05, 0.1) is 30.4 Å². The minimum atomic E-state index is -0.605. The van der Waals surface area contributed by atoms with Gasteiger partial charge in [0.2, 0.25) is 0 Å². The Hall–Kier alpha value is -4.10. The lowest BCUT2D eigenvalue weighted by molar-refractivity contribution is -0.136. The van der Waals surface area contributed by atoms with E-state index in [0.29, 0.717) is 22.0 Å². The fraction of sp³-hybridized carbons (Fsp3) is 0.207. The van der Waals surface area contributed by atoms with Gasteiger partial charge in [-0.15, -0.1) is 0 Å². The number of hydrogen-bond acceptors (Lipinski definition) is 5. The summed E-state index contributed by atoms with van der Waals surface area (Å²) in [5, 5.41) is 0.618. The van der Waals surface area contributed by atoms with Gasteiger partial charge >= 0.3 is 11.9 Å². The third-order valence-electron chi connectivity index (χ3n) is 6.26. The fourth-order valence-corrected chi connectivity index (χ4v) is 4.74. The Kier molecular flexibility index (Phi) is 7.36. The van der Waals surface area contributed by atoms with E-state index in [-0.39, 0.29) is 23.7 Å². The number of nitrogens with zero attached hydrogens (tertiary/aromatic N) is 2. The number of carbonyl (C=O) groups excluding carboxylic acids is 3. The second-order valence-corrected chi connectivity index (χ2v) is 9.00. The van der Waals surface area contributed by atoms with Gasteiger partial charge in [-0.3, -0.25) is 9.69 Å². The van der Waals surface area contributed by atoms with Gasteiger partial charge in [0.25, 0.3) is 5.91 Å². The van der Waals surface area contributed by atoms with Crippen molar-refractivity contribution < 1.29 is 23.9 Å². The molecule has 0 spiro atoms. The van der Waals surface area contributed by atoms with Crippen LogP contribution in [0.2, 0.25) is 5.02 Å². The zero-order chi connectivity index (χ0) is 26.9. The lowest BCUT2D eigenvalue weighted by Crippen LogP contribution is -2.24. The predicted octanol–water partition coefficient (Wildman–Crippen LogP) is 5.80. The van der Waals surface area contributed by atoms with E-state index < -0.39 is 11.9 Å². The number of carbonyl (C=O) groups is 3. The monoisotopic (exact) mass is 518 g/mol. The number of ether oxygens (including phenoxy) is 2. The van der Waals surface area contributed by atoms with E-state index in [1.165, 1.54) is 12.0 Å². The van der Waals surface area contributed by atoms with Gasteiger partial charge in [-0.25, -0.2) is 9.59 Å². The van der Waals surface area contributed by atoms with E-state index in [0.717, 1.165) is 22.6 Å². The highest BCUT2D eigenvalue weighted by Crippen LogP contribution is 2.36. The molecule has 0 fully saturated rings. The maximum atomic E-state index is 13.7. The molecule has 1 amide bonds. The highest BCUT2D eigenvalue weighted by molar-refractivity contribution is 6.30. The van der Waals surface area contributed by atoms with Crippen molar-refractivity contribution in [2.24, 2.45) is 0 Å². The molecule has 0 bridgehead atoms. The molecule has 0 atom stereocenters. The van der Waals surface area contributed by atoms with Crippen molar-refractivity contribution in [3.63, 3.8) is 0 Å². The molecule has 7 nitrogen and oxygen atoms in total. The van der Waals surface area contributed by atoms with Gasteiger partial charge in [0.15, 0.2) is 0 Å². The van der Waals surface area contributed by atoms with Crippen molar-refractivity contribution >= 4 is 41.2 Å². The van der Waals surface area contributed by atoms with Crippen LogP contribution in [0, 0.1) is 13.8 Å². The number of halogens is 1. The summed E-state index contributed by atoms with van der Waals surface area (Å²) < 4.78 is 12.1. The quantitative estimate of drug-likeness (QED) is 0.304. The summed E-state index contributed by atoms with van der Waals surface area (Å²) in [6.45, 7) is 7.60. The molecule has 0 unspecified atom stereocenters. The Morgan fingerprint density at radius 2 is 1.68 bits per heavy atom. The topological polar surface area (TPSA) is 77.8 Å². The molecule has 3 aromatic rings. The number of esters is 2. The SMILES string of the molecule is CCOC(=O)c1ccc(N2C(=O)/C(=C\c3cc(C)n(-c4cccc(Cl)c4)c3C)C(C(=O)OC)=C2C)cc1. The van der Waals surface area contributed by atoms with Gasteiger partial charge in [-0.1, -0.05) is 17.7 Å². The molecule has 4 rings (SSSR count). The van der Waals surface area contributed by atoms with Crippen LogP contribution in [0.4, 0.5) is 5.69 Å². The molecule has 0 saturated carbocycles. The third kappa shape index (κ3) is 4.82. The Morgan fingerprint density at radius 3 is 2.30 bits per heavy atom. The van der Waals surface area contributed by atoms with Crippen LogP contribution in [0.25, 0.3) is 11.8 Å². The van der Waals surface area contributed by atoms with Crippen LogP contribution in [0.3, 0.4) is 0 Å². The summed E-state index contributed by atoms with van der Waals surface area (Å²) in [5.41, 5.74) is 5.27. The molecule has 1 aromatic heterocycles. The maximum Gasteiger partial charge on any atom is 0.340 e. The van der Waals surface area contributed by atoms with Crippen LogP contribution >= 0.6 is 11.6 Å². The van der Waals surface area contributed by atoms with Gasteiger partial charge in [0, 0.05) is 33.5 Å². The predicted molar refractivity (Wildman–Crippen MR) is 143 cm³/mol. The highest BCUT2D eigenvalue weighted by atomic mass is 35.5. The fourth-order valence-electron chi connectivity index (χ4n) is 4.55. The van der Waals surface area contributed by atoms with E-state index in [2.05, 4.69) is 0 Å². The van der Waals surface area contributed by atoms with Gasteiger partial charge in [-0.05, 0) is 87.9 Å². The van der Waals surface area contributed by atoms with E-state index >= 15 is 0 Å². The van der Waals surface area contributed by atoms with Crippen LogP contribution in [-0.2, 0) is 19.1 Å². The maximum absolute atomic E-state index is 13.7. The standard InChI is InChI=1S/C29H27ClN2O5/c1-6-37-28(34)20-10-12-23(13-11-20)32-19(4)26(29(35)36-5)25(27(32)33)15-21-14-17(2)31(18(21)3)24-9-7-8-22(30)16-24/h7-16H,6H2,1-5H3/b25-15-. The Morgan fingerprint density at radius 1 is 0.973 bits per heavy atom. The number of amides is 1. The normalized spacial score (nSPS) is 14.5. The highest BCUT2D eigenvalue weighted by Gasteiger charge is 2.38. The summed E-state index contributed by atoms with van der Waals surface area (Å²) >= 11 is 6.21. The van der Waals surface area contributed by atoms with Crippen molar-refractivity contribution in [3.05, 3.63) is 99.0 Å². The number of aryl methyl sites for hydroxylation is 1. The molecular formula is C29H27ClN2O5. The summed E-state index contributed by atoms with van der Waals surface area (Å²) in [6, 6.07) is 15.9. The number of allylic oxidation sites excluding steroid dienone is 1. The average molecular weight is 519 g/mol. The summed E-state index contributed by atoms with van der Waals surface area (Å²) in [5.74, 6) is -1.42. The first-order valence-electron chi connectivity index (χ1n) is 11.8. The molecule has 2 heterocycles. The molecule has 8 heteroatoms. The van der Waals surface area contributed by atoms with Crippen molar-refractivity contribution in [3.8, 4) is 5.69 Å². The first-order chi connectivity index (χ1) is 17.7. The molecule has 0 saturated heterocycles. The number of hydrogen-bond donors (Lipinski definition) is 0. The van der Waals surface area contributed by atoms with Crippen LogP contribution in [0.1, 0.15) is 41.2 Å². The van der Waals surface area contributed by atoms with E-state index in [9.17, 15) is 14.4 Å². The van der Waals surface area contributed by atoms with E-state index in [1.54, 1.807) is 44.2 Å². The Bertz CT molecular complexity index is 1460. The Labute approximate surface area is 220 Å². The molecule has 190 valence electrons. The Balaban J connectivity index is 1.78. The zero-order valence-corrected chi connectivity index (χ0v) is 22.1. The third-order valence-corrected chi connectivity index (χ3v) is 6.50.